The molecular formula is C14H21NO. The van der Waals surface area contributed by atoms with Gasteiger partial charge >= 0.3 is 0 Å². The Kier molecular flexibility index (Phi) is 4.69. The zero-order valence-electron chi connectivity index (χ0n) is 10.4. The largest absolute Gasteiger partial charge is 0.330 e. The first-order valence-electron chi connectivity index (χ1n) is 5.85. The van der Waals surface area contributed by atoms with Crippen molar-refractivity contribution in [3.8, 4) is 0 Å². The van der Waals surface area contributed by atoms with Crippen molar-refractivity contribution in [3.05, 3.63) is 34.9 Å². The van der Waals surface area contributed by atoms with Gasteiger partial charge in [-0.15, -0.1) is 0 Å². The van der Waals surface area contributed by atoms with Gasteiger partial charge in [0.15, 0.2) is 5.78 Å². The maximum Gasteiger partial charge on any atom is 0.163 e. The number of hydrogen-bond acceptors (Lipinski definition) is 2. The SMILES string of the molecule is Cc1cccc(C(=O)CCC(C)CN)c1C. The molecule has 0 saturated carbocycles. The van der Waals surface area contributed by atoms with E-state index in [1.54, 1.807) is 0 Å². The first-order valence-corrected chi connectivity index (χ1v) is 5.85. The van der Waals surface area contributed by atoms with Crippen LogP contribution in [0, 0.1) is 19.8 Å². The van der Waals surface area contributed by atoms with E-state index in [2.05, 4.69) is 6.92 Å². The lowest BCUT2D eigenvalue weighted by molar-refractivity contribution is 0.0974. The van der Waals surface area contributed by atoms with Crippen molar-refractivity contribution in [1.29, 1.82) is 0 Å². The van der Waals surface area contributed by atoms with Crippen molar-refractivity contribution in [2.24, 2.45) is 11.7 Å². The fourth-order valence-corrected chi connectivity index (χ4v) is 1.68. The smallest absolute Gasteiger partial charge is 0.163 e. The van der Waals surface area contributed by atoms with Crippen LogP contribution in [0.1, 0.15) is 41.3 Å². The molecule has 2 heteroatoms. The summed E-state index contributed by atoms with van der Waals surface area (Å²) in [5, 5.41) is 0. The summed E-state index contributed by atoms with van der Waals surface area (Å²) in [6.45, 7) is 6.78. The van der Waals surface area contributed by atoms with Gasteiger partial charge in [-0.1, -0.05) is 25.1 Å². The van der Waals surface area contributed by atoms with Gasteiger partial charge in [0.2, 0.25) is 0 Å². The van der Waals surface area contributed by atoms with Crippen LogP contribution >= 0.6 is 0 Å². The van der Waals surface area contributed by atoms with E-state index in [1.807, 2.05) is 32.0 Å². The molecule has 1 unspecified atom stereocenters. The minimum atomic E-state index is 0.238. The van der Waals surface area contributed by atoms with E-state index in [4.69, 9.17) is 5.73 Å². The number of Topliss-reactive ketones (excluding diaryl/α,β-unsaturated/α-hetero) is 1. The molecule has 0 spiro atoms. The molecule has 0 aliphatic carbocycles. The highest BCUT2D eigenvalue weighted by Crippen LogP contribution is 2.16. The molecular weight excluding hydrogens is 198 g/mol. The number of rotatable bonds is 5. The summed E-state index contributed by atoms with van der Waals surface area (Å²) in [6, 6.07) is 5.90. The van der Waals surface area contributed by atoms with E-state index in [1.165, 1.54) is 5.56 Å². The van der Waals surface area contributed by atoms with Crippen molar-refractivity contribution in [1.82, 2.24) is 0 Å². The van der Waals surface area contributed by atoms with Crippen molar-refractivity contribution in [2.45, 2.75) is 33.6 Å². The molecule has 1 aromatic carbocycles. The van der Waals surface area contributed by atoms with Gasteiger partial charge in [-0.25, -0.2) is 0 Å². The van der Waals surface area contributed by atoms with Gasteiger partial charge in [0.25, 0.3) is 0 Å². The lowest BCUT2D eigenvalue weighted by atomic mass is 9.95. The zero-order chi connectivity index (χ0) is 12.1. The third-order valence-electron chi connectivity index (χ3n) is 3.17. The van der Waals surface area contributed by atoms with Crippen LogP contribution in [0.3, 0.4) is 0 Å². The van der Waals surface area contributed by atoms with Gasteiger partial charge < -0.3 is 5.73 Å². The first-order chi connectivity index (χ1) is 7.56. The minimum Gasteiger partial charge on any atom is -0.330 e. The van der Waals surface area contributed by atoms with E-state index in [0.717, 1.165) is 17.5 Å². The Morgan fingerprint density at radius 3 is 2.69 bits per heavy atom. The van der Waals surface area contributed by atoms with Gasteiger partial charge in [-0.05, 0) is 43.9 Å². The van der Waals surface area contributed by atoms with Gasteiger partial charge in [0.05, 0.1) is 0 Å². The quantitative estimate of drug-likeness (QED) is 0.774. The van der Waals surface area contributed by atoms with Crippen LogP contribution in [0.25, 0.3) is 0 Å². The predicted octanol–water partition coefficient (Wildman–Crippen LogP) is 2.86. The molecule has 0 bridgehead atoms. The van der Waals surface area contributed by atoms with Crippen LogP contribution in [-0.2, 0) is 0 Å². The highest BCUT2D eigenvalue weighted by molar-refractivity contribution is 5.97. The molecule has 0 saturated heterocycles. The third kappa shape index (κ3) is 3.17. The van der Waals surface area contributed by atoms with Gasteiger partial charge in [-0.2, -0.15) is 0 Å². The Labute approximate surface area is 97.9 Å². The Morgan fingerprint density at radius 2 is 2.06 bits per heavy atom. The summed E-state index contributed by atoms with van der Waals surface area (Å²) in [7, 11) is 0. The number of hydrogen-bond donors (Lipinski definition) is 1. The number of carbonyl (C=O) groups excluding carboxylic acids is 1. The molecule has 0 fully saturated rings. The fraction of sp³-hybridized carbons (Fsp3) is 0.500. The van der Waals surface area contributed by atoms with Crippen molar-refractivity contribution < 1.29 is 4.79 Å². The Balaban J connectivity index is 2.70. The summed E-state index contributed by atoms with van der Waals surface area (Å²) in [4.78, 5) is 12.0. The number of carbonyl (C=O) groups is 1. The van der Waals surface area contributed by atoms with Crippen LogP contribution < -0.4 is 5.73 Å². The molecule has 2 N–H and O–H groups in total. The molecule has 0 aliphatic rings. The second kappa shape index (κ2) is 5.80. The minimum absolute atomic E-state index is 0.238. The van der Waals surface area contributed by atoms with Crippen molar-refractivity contribution in [3.63, 3.8) is 0 Å². The second-order valence-corrected chi connectivity index (χ2v) is 4.55. The molecule has 0 aliphatic heterocycles. The van der Waals surface area contributed by atoms with Crippen LogP contribution in [0.15, 0.2) is 18.2 Å². The topological polar surface area (TPSA) is 43.1 Å². The normalized spacial score (nSPS) is 12.5. The maximum absolute atomic E-state index is 12.0. The van der Waals surface area contributed by atoms with E-state index < -0.39 is 0 Å². The number of nitrogens with two attached hydrogens (primary N) is 1. The van der Waals surface area contributed by atoms with Crippen molar-refractivity contribution in [2.75, 3.05) is 6.54 Å². The number of aryl methyl sites for hydroxylation is 1. The maximum atomic E-state index is 12.0. The first kappa shape index (κ1) is 12.9. The Bertz CT molecular complexity index is 371. The lowest BCUT2D eigenvalue weighted by Gasteiger charge is -2.10. The summed E-state index contributed by atoms with van der Waals surface area (Å²) >= 11 is 0. The fourth-order valence-electron chi connectivity index (χ4n) is 1.68. The van der Waals surface area contributed by atoms with Crippen LogP contribution in [0.2, 0.25) is 0 Å². The monoisotopic (exact) mass is 219 g/mol. The average Bonchev–Trinajstić information content (AvgIpc) is 2.29. The van der Waals surface area contributed by atoms with Gasteiger partial charge in [0.1, 0.15) is 0 Å². The zero-order valence-corrected chi connectivity index (χ0v) is 10.4. The average molecular weight is 219 g/mol. The molecule has 1 rings (SSSR count). The Morgan fingerprint density at radius 1 is 1.38 bits per heavy atom. The van der Waals surface area contributed by atoms with Crippen molar-refractivity contribution >= 4 is 5.78 Å². The molecule has 0 heterocycles. The molecule has 16 heavy (non-hydrogen) atoms. The standard InChI is InChI=1S/C14H21NO/c1-10(9-15)7-8-14(16)13-6-4-5-11(2)12(13)3/h4-6,10H,7-9,15H2,1-3H3. The molecule has 1 atom stereocenters. The van der Waals surface area contributed by atoms with E-state index in [9.17, 15) is 4.79 Å². The molecule has 1 aromatic rings. The molecule has 2 nitrogen and oxygen atoms in total. The molecule has 0 amide bonds. The number of benzene rings is 1. The van der Waals surface area contributed by atoms with E-state index in [0.29, 0.717) is 18.9 Å². The van der Waals surface area contributed by atoms with Gasteiger partial charge in [0, 0.05) is 12.0 Å². The summed E-state index contributed by atoms with van der Waals surface area (Å²) in [6.07, 6.45) is 1.48. The molecule has 0 radical (unpaired) electrons. The van der Waals surface area contributed by atoms with E-state index in [-0.39, 0.29) is 5.78 Å². The van der Waals surface area contributed by atoms with Crippen LogP contribution in [0.4, 0.5) is 0 Å². The van der Waals surface area contributed by atoms with E-state index >= 15 is 0 Å². The third-order valence-corrected chi connectivity index (χ3v) is 3.17. The highest BCUT2D eigenvalue weighted by atomic mass is 16.1. The summed E-state index contributed by atoms with van der Waals surface area (Å²) < 4.78 is 0. The Hall–Kier alpha value is -1.15. The second-order valence-electron chi connectivity index (χ2n) is 4.55. The van der Waals surface area contributed by atoms with Crippen LogP contribution in [0.5, 0.6) is 0 Å². The summed E-state index contributed by atoms with van der Waals surface area (Å²) in [5.74, 6) is 0.663. The molecule has 0 aromatic heterocycles. The molecule has 88 valence electrons. The van der Waals surface area contributed by atoms with Gasteiger partial charge in [-0.3, -0.25) is 4.79 Å². The van der Waals surface area contributed by atoms with Crippen LogP contribution in [-0.4, -0.2) is 12.3 Å². The summed E-state index contributed by atoms with van der Waals surface area (Å²) in [5.41, 5.74) is 8.69. The lowest BCUT2D eigenvalue weighted by Crippen LogP contribution is -2.13. The predicted molar refractivity (Wildman–Crippen MR) is 67.7 cm³/mol. The number of ketones is 1. The highest BCUT2D eigenvalue weighted by Gasteiger charge is 2.11.